The van der Waals surface area contributed by atoms with Crippen molar-refractivity contribution >= 4 is 31.5 Å². The lowest BCUT2D eigenvalue weighted by molar-refractivity contribution is -0.275. The quantitative estimate of drug-likeness (QED) is 0.378. The fraction of sp³-hybridized carbons (Fsp3) is 0.294. The third-order valence-electron chi connectivity index (χ3n) is 3.60. The molecule has 2 nitrogen and oxygen atoms in total. The van der Waals surface area contributed by atoms with Gasteiger partial charge in [-0.25, -0.2) is 8.78 Å². The van der Waals surface area contributed by atoms with Crippen molar-refractivity contribution in [2.75, 3.05) is 6.61 Å². The van der Waals surface area contributed by atoms with Crippen LogP contribution in [0, 0.1) is 11.6 Å². The van der Waals surface area contributed by atoms with E-state index in [0.29, 0.717) is 17.4 Å². The van der Waals surface area contributed by atoms with E-state index in [2.05, 4.69) is 4.74 Å². The summed E-state index contributed by atoms with van der Waals surface area (Å²) in [5, 5.41) is 0.740. The van der Waals surface area contributed by atoms with Crippen LogP contribution in [-0.4, -0.2) is 13.0 Å². The summed E-state index contributed by atoms with van der Waals surface area (Å²) >= 11 is 0.731. The number of halogens is 5. The van der Waals surface area contributed by atoms with E-state index in [-0.39, 0.29) is 15.1 Å². The predicted molar refractivity (Wildman–Crippen MR) is 86.3 cm³/mol. The molecule has 25 heavy (non-hydrogen) atoms. The SMILES string of the molecule is CCCCOc1ccc2c(sc3c(F)c(OC(F)(F)F)ccc32)c1F. The molecule has 0 bridgehead atoms. The number of alkyl halides is 3. The van der Waals surface area contributed by atoms with Crippen LogP contribution in [0.5, 0.6) is 11.5 Å². The van der Waals surface area contributed by atoms with E-state index in [1.807, 2.05) is 6.92 Å². The molecule has 0 aliphatic rings. The van der Waals surface area contributed by atoms with Crippen molar-refractivity contribution in [3.63, 3.8) is 0 Å². The summed E-state index contributed by atoms with van der Waals surface area (Å²) < 4.78 is 75.0. The molecule has 0 spiro atoms. The Morgan fingerprint density at radius 2 is 1.48 bits per heavy atom. The molecule has 8 heteroatoms. The fourth-order valence-electron chi connectivity index (χ4n) is 2.44. The lowest BCUT2D eigenvalue weighted by atomic mass is 10.1. The van der Waals surface area contributed by atoms with E-state index in [9.17, 15) is 22.0 Å². The van der Waals surface area contributed by atoms with Gasteiger partial charge in [0.1, 0.15) is 0 Å². The van der Waals surface area contributed by atoms with E-state index in [4.69, 9.17) is 4.74 Å². The summed E-state index contributed by atoms with van der Waals surface area (Å²) in [4.78, 5) is 0. The highest BCUT2D eigenvalue weighted by Crippen LogP contribution is 2.42. The van der Waals surface area contributed by atoms with Crippen LogP contribution in [0.4, 0.5) is 22.0 Å². The third-order valence-corrected chi connectivity index (χ3v) is 4.81. The molecular weight excluding hydrogens is 363 g/mol. The number of hydrogen-bond donors (Lipinski definition) is 0. The van der Waals surface area contributed by atoms with Crippen LogP contribution in [0.15, 0.2) is 24.3 Å². The molecule has 0 amide bonds. The maximum Gasteiger partial charge on any atom is 0.573 e. The zero-order valence-electron chi connectivity index (χ0n) is 13.0. The van der Waals surface area contributed by atoms with E-state index >= 15 is 0 Å². The monoisotopic (exact) mass is 376 g/mol. The van der Waals surface area contributed by atoms with Crippen molar-refractivity contribution in [3.8, 4) is 11.5 Å². The maximum atomic E-state index is 14.6. The van der Waals surface area contributed by atoms with Gasteiger partial charge in [0, 0.05) is 10.8 Å². The number of benzene rings is 2. The Kier molecular flexibility index (Phi) is 4.73. The molecule has 3 rings (SSSR count). The number of thiophene rings is 1. The molecule has 0 N–H and O–H groups in total. The Labute approximate surface area is 143 Å². The Balaban J connectivity index is 2.09. The fourth-order valence-corrected chi connectivity index (χ4v) is 3.60. The van der Waals surface area contributed by atoms with Crippen molar-refractivity contribution in [2.45, 2.75) is 26.1 Å². The average molecular weight is 376 g/mol. The Morgan fingerprint density at radius 1 is 0.920 bits per heavy atom. The molecule has 134 valence electrons. The van der Waals surface area contributed by atoms with Crippen LogP contribution in [0.2, 0.25) is 0 Å². The molecular formula is C17H13F5O2S. The number of hydrogen-bond acceptors (Lipinski definition) is 3. The number of unbranched alkanes of at least 4 members (excludes halogenated alkanes) is 1. The standard InChI is InChI=1S/C17H13F5O2S/c1-2-3-8-23-11-6-4-9-10-5-7-12(24-17(20,21)22)14(19)16(10)25-15(9)13(11)18/h4-7H,2-3,8H2,1H3. The Hall–Kier alpha value is -2.09. The zero-order valence-corrected chi connectivity index (χ0v) is 13.9. The van der Waals surface area contributed by atoms with E-state index < -0.39 is 23.7 Å². The summed E-state index contributed by atoms with van der Waals surface area (Å²) in [5.74, 6) is -2.71. The molecule has 1 aromatic heterocycles. The normalized spacial score (nSPS) is 12.1. The van der Waals surface area contributed by atoms with Gasteiger partial charge in [-0.1, -0.05) is 13.3 Å². The summed E-state index contributed by atoms with van der Waals surface area (Å²) in [7, 11) is 0. The molecule has 2 aromatic carbocycles. The van der Waals surface area contributed by atoms with Crippen molar-refractivity contribution in [2.24, 2.45) is 0 Å². The van der Waals surface area contributed by atoms with Crippen molar-refractivity contribution in [1.82, 2.24) is 0 Å². The summed E-state index contributed by atoms with van der Waals surface area (Å²) in [6.07, 6.45) is -3.35. The highest BCUT2D eigenvalue weighted by Gasteiger charge is 2.33. The van der Waals surface area contributed by atoms with Gasteiger partial charge in [-0.2, -0.15) is 0 Å². The van der Waals surface area contributed by atoms with Gasteiger partial charge in [0.2, 0.25) is 0 Å². The van der Waals surface area contributed by atoms with Crippen LogP contribution in [-0.2, 0) is 0 Å². The first-order chi connectivity index (χ1) is 11.8. The summed E-state index contributed by atoms with van der Waals surface area (Å²) in [6.45, 7) is 2.32. The van der Waals surface area contributed by atoms with E-state index in [0.717, 1.165) is 30.2 Å². The molecule has 0 atom stereocenters. The van der Waals surface area contributed by atoms with Gasteiger partial charge in [-0.15, -0.1) is 24.5 Å². The molecule has 0 radical (unpaired) electrons. The summed E-state index contributed by atoms with van der Waals surface area (Å²) in [6, 6.07) is 5.19. The smallest absolute Gasteiger partial charge is 0.490 e. The van der Waals surface area contributed by atoms with Crippen LogP contribution >= 0.6 is 11.3 Å². The molecule has 0 fully saturated rings. The third kappa shape index (κ3) is 3.49. The average Bonchev–Trinajstić information content (AvgIpc) is 2.92. The molecule has 1 heterocycles. The highest BCUT2D eigenvalue weighted by molar-refractivity contribution is 7.25. The van der Waals surface area contributed by atoms with Gasteiger partial charge >= 0.3 is 6.36 Å². The van der Waals surface area contributed by atoms with Crippen molar-refractivity contribution in [3.05, 3.63) is 35.9 Å². The first-order valence-corrected chi connectivity index (χ1v) is 8.35. The highest BCUT2D eigenvalue weighted by atomic mass is 32.1. The molecule has 0 aliphatic carbocycles. The predicted octanol–water partition coefficient (Wildman–Crippen LogP) is 6.41. The van der Waals surface area contributed by atoms with Crippen LogP contribution in [0.3, 0.4) is 0 Å². The van der Waals surface area contributed by atoms with Crippen LogP contribution in [0.25, 0.3) is 20.2 Å². The number of rotatable bonds is 5. The second-order valence-electron chi connectivity index (χ2n) is 5.36. The Bertz CT molecular complexity index is 917. The summed E-state index contributed by atoms with van der Waals surface area (Å²) in [5.41, 5.74) is 0. The zero-order chi connectivity index (χ0) is 18.2. The van der Waals surface area contributed by atoms with Gasteiger partial charge in [-0.3, -0.25) is 0 Å². The van der Waals surface area contributed by atoms with Crippen LogP contribution in [0.1, 0.15) is 19.8 Å². The number of ether oxygens (including phenoxy) is 2. The molecule has 3 aromatic rings. The van der Waals surface area contributed by atoms with Crippen molar-refractivity contribution in [1.29, 1.82) is 0 Å². The number of fused-ring (bicyclic) bond motifs is 3. The molecule has 0 unspecified atom stereocenters. The van der Waals surface area contributed by atoms with E-state index in [1.54, 1.807) is 6.07 Å². The first-order valence-electron chi connectivity index (χ1n) is 7.53. The minimum Gasteiger partial charge on any atom is -0.490 e. The molecule has 0 saturated carbocycles. The minimum absolute atomic E-state index is 0.0414. The largest absolute Gasteiger partial charge is 0.573 e. The molecule has 0 aliphatic heterocycles. The second kappa shape index (κ2) is 6.67. The van der Waals surface area contributed by atoms with Crippen LogP contribution < -0.4 is 9.47 Å². The second-order valence-corrected chi connectivity index (χ2v) is 6.38. The van der Waals surface area contributed by atoms with Gasteiger partial charge in [0.05, 0.1) is 16.0 Å². The maximum absolute atomic E-state index is 14.6. The lowest BCUT2D eigenvalue weighted by Gasteiger charge is -2.09. The lowest BCUT2D eigenvalue weighted by Crippen LogP contribution is -2.17. The van der Waals surface area contributed by atoms with Gasteiger partial charge in [0.25, 0.3) is 0 Å². The Morgan fingerprint density at radius 3 is 2.04 bits per heavy atom. The first kappa shape index (κ1) is 17.7. The topological polar surface area (TPSA) is 18.5 Å². The van der Waals surface area contributed by atoms with Gasteiger partial charge < -0.3 is 9.47 Å². The minimum atomic E-state index is -5.00. The van der Waals surface area contributed by atoms with Gasteiger partial charge in [-0.05, 0) is 30.7 Å². The van der Waals surface area contributed by atoms with E-state index in [1.165, 1.54) is 12.1 Å². The van der Waals surface area contributed by atoms with Crippen molar-refractivity contribution < 1.29 is 31.4 Å². The molecule has 0 saturated heterocycles. The van der Waals surface area contributed by atoms with Gasteiger partial charge in [0.15, 0.2) is 23.1 Å².